The standard InChI is InChI=1S/C10H12N4S/c1-7-6-8(3-5-12-7)10-14-13-9(15-10)2-4-11/h3,5-6H,2,4,11H2,1H3. The molecule has 15 heavy (non-hydrogen) atoms. The van der Waals surface area contributed by atoms with Crippen LogP contribution in [-0.4, -0.2) is 21.7 Å². The second-order valence-corrected chi connectivity index (χ2v) is 4.29. The minimum absolute atomic E-state index is 0.615. The third-order valence-electron chi connectivity index (χ3n) is 1.97. The number of nitrogens with zero attached hydrogens (tertiary/aromatic N) is 3. The maximum Gasteiger partial charge on any atom is 0.147 e. The molecule has 0 aliphatic heterocycles. The molecule has 2 rings (SSSR count). The molecule has 0 unspecified atom stereocenters. The second kappa shape index (κ2) is 4.46. The first kappa shape index (κ1) is 10.2. The van der Waals surface area contributed by atoms with Crippen LogP contribution in [0.5, 0.6) is 0 Å². The lowest BCUT2D eigenvalue weighted by molar-refractivity contribution is 0.913. The van der Waals surface area contributed by atoms with E-state index < -0.39 is 0 Å². The van der Waals surface area contributed by atoms with Gasteiger partial charge in [-0.2, -0.15) is 0 Å². The molecule has 2 aromatic heterocycles. The highest BCUT2D eigenvalue weighted by atomic mass is 32.1. The van der Waals surface area contributed by atoms with Gasteiger partial charge in [0.15, 0.2) is 0 Å². The van der Waals surface area contributed by atoms with Crippen LogP contribution in [0.2, 0.25) is 0 Å². The first-order valence-corrected chi connectivity index (χ1v) is 5.56. The first-order chi connectivity index (χ1) is 7.29. The zero-order valence-corrected chi connectivity index (χ0v) is 9.29. The number of pyridine rings is 1. The van der Waals surface area contributed by atoms with E-state index in [4.69, 9.17) is 5.73 Å². The Hall–Kier alpha value is -1.33. The Morgan fingerprint density at radius 2 is 2.27 bits per heavy atom. The largest absolute Gasteiger partial charge is 0.330 e. The van der Waals surface area contributed by atoms with Gasteiger partial charge in [0.1, 0.15) is 10.0 Å². The van der Waals surface area contributed by atoms with E-state index in [1.807, 2.05) is 19.1 Å². The van der Waals surface area contributed by atoms with E-state index >= 15 is 0 Å². The van der Waals surface area contributed by atoms with Gasteiger partial charge in [0, 0.05) is 23.9 Å². The van der Waals surface area contributed by atoms with E-state index in [1.165, 1.54) is 0 Å². The number of hydrogen-bond acceptors (Lipinski definition) is 5. The minimum Gasteiger partial charge on any atom is -0.330 e. The highest BCUT2D eigenvalue weighted by Gasteiger charge is 2.05. The molecule has 0 spiro atoms. The summed E-state index contributed by atoms with van der Waals surface area (Å²) in [7, 11) is 0. The molecule has 0 radical (unpaired) electrons. The van der Waals surface area contributed by atoms with Crippen molar-refractivity contribution in [2.45, 2.75) is 13.3 Å². The topological polar surface area (TPSA) is 64.7 Å². The van der Waals surface area contributed by atoms with E-state index in [2.05, 4.69) is 15.2 Å². The first-order valence-electron chi connectivity index (χ1n) is 4.75. The van der Waals surface area contributed by atoms with E-state index in [0.717, 1.165) is 27.7 Å². The van der Waals surface area contributed by atoms with Crippen LogP contribution >= 0.6 is 11.3 Å². The smallest absolute Gasteiger partial charge is 0.147 e. The highest BCUT2D eigenvalue weighted by molar-refractivity contribution is 7.14. The van der Waals surface area contributed by atoms with Crippen LogP contribution in [-0.2, 0) is 6.42 Å². The normalized spacial score (nSPS) is 10.5. The average molecular weight is 220 g/mol. The fourth-order valence-corrected chi connectivity index (χ4v) is 2.12. The molecule has 5 heteroatoms. The zero-order valence-electron chi connectivity index (χ0n) is 8.47. The maximum absolute atomic E-state index is 5.46. The summed E-state index contributed by atoms with van der Waals surface area (Å²) in [5.41, 5.74) is 7.52. The molecule has 0 atom stereocenters. The molecular formula is C10H12N4S. The number of aryl methyl sites for hydroxylation is 1. The Labute approximate surface area is 92.2 Å². The van der Waals surface area contributed by atoms with Gasteiger partial charge < -0.3 is 5.73 Å². The van der Waals surface area contributed by atoms with Crippen LogP contribution in [0.25, 0.3) is 10.6 Å². The van der Waals surface area contributed by atoms with Crippen LogP contribution in [0.15, 0.2) is 18.3 Å². The van der Waals surface area contributed by atoms with Gasteiger partial charge in [-0.1, -0.05) is 11.3 Å². The Morgan fingerprint density at radius 3 is 3.00 bits per heavy atom. The van der Waals surface area contributed by atoms with Gasteiger partial charge in [-0.05, 0) is 25.6 Å². The predicted molar refractivity (Wildman–Crippen MR) is 60.6 cm³/mol. The lowest BCUT2D eigenvalue weighted by Gasteiger charge is -1.95. The van der Waals surface area contributed by atoms with E-state index in [-0.39, 0.29) is 0 Å². The van der Waals surface area contributed by atoms with Crippen molar-refractivity contribution in [3.05, 3.63) is 29.0 Å². The number of nitrogens with two attached hydrogens (primary N) is 1. The Balaban J connectivity index is 2.29. The van der Waals surface area contributed by atoms with E-state index in [1.54, 1.807) is 17.5 Å². The number of hydrogen-bond donors (Lipinski definition) is 1. The summed E-state index contributed by atoms with van der Waals surface area (Å²) in [6.45, 7) is 2.58. The van der Waals surface area contributed by atoms with Crippen LogP contribution in [0, 0.1) is 6.92 Å². The van der Waals surface area contributed by atoms with Crippen LogP contribution in [0.3, 0.4) is 0 Å². The third kappa shape index (κ3) is 2.37. The van der Waals surface area contributed by atoms with Gasteiger partial charge in [0.2, 0.25) is 0 Å². The molecule has 2 N–H and O–H groups in total. The third-order valence-corrected chi connectivity index (χ3v) is 3.00. The lowest BCUT2D eigenvalue weighted by Crippen LogP contribution is -2.01. The summed E-state index contributed by atoms with van der Waals surface area (Å²) in [6.07, 6.45) is 2.58. The molecule has 0 saturated heterocycles. The molecule has 0 aromatic carbocycles. The summed E-state index contributed by atoms with van der Waals surface area (Å²) < 4.78 is 0. The Morgan fingerprint density at radius 1 is 1.40 bits per heavy atom. The number of aromatic nitrogens is 3. The van der Waals surface area contributed by atoms with Crippen molar-refractivity contribution >= 4 is 11.3 Å². The molecule has 0 amide bonds. The minimum atomic E-state index is 0.615. The summed E-state index contributed by atoms with van der Waals surface area (Å²) in [6, 6.07) is 3.95. The van der Waals surface area contributed by atoms with Crippen LogP contribution in [0.1, 0.15) is 10.7 Å². The predicted octanol–water partition coefficient (Wildman–Crippen LogP) is 1.41. The van der Waals surface area contributed by atoms with Crippen molar-refractivity contribution in [1.29, 1.82) is 0 Å². The van der Waals surface area contributed by atoms with Crippen molar-refractivity contribution < 1.29 is 0 Å². The van der Waals surface area contributed by atoms with E-state index in [0.29, 0.717) is 6.54 Å². The molecular weight excluding hydrogens is 208 g/mol. The lowest BCUT2D eigenvalue weighted by atomic mass is 10.2. The highest BCUT2D eigenvalue weighted by Crippen LogP contribution is 2.23. The van der Waals surface area contributed by atoms with Gasteiger partial charge >= 0.3 is 0 Å². The summed E-state index contributed by atoms with van der Waals surface area (Å²) >= 11 is 1.59. The van der Waals surface area contributed by atoms with Gasteiger partial charge in [0.25, 0.3) is 0 Å². The SMILES string of the molecule is Cc1cc(-c2nnc(CCN)s2)ccn1. The van der Waals surface area contributed by atoms with Gasteiger partial charge in [0.05, 0.1) is 0 Å². The summed E-state index contributed by atoms with van der Waals surface area (Å²) in [4.78, 5) is 4.14. The molecule has 0 fully saturated rings. The van der Waals surface area contributed by atoms with Crippen LogP contribution in [0.4, 0.5) is 0 Å². The van der Waals surface area contributed by atoms with Gasteiger partial charge in [-0.25, -0.2) is 0 Å². The van der Waals surface area contributed by atoms with Crippen molar-refractivity contribution in [3.8, 4) is 10.6 Å². The Bertz CT molecular complexity index is 452. The molecule has 2 aromatic rings. The van der Waals surface area contributed by atoms with Gasteiger partial charge in [-0.15, -0.1) is 10.2 Å². The van der Waals surface area contributed by atoms with Gasteiger partial charge in [-0.3, -0.25) is 4.98 Å². The van der Waals surface area contributed by atoms with E-state index in [9.17, 15) is 0 Å². The fraction of sp³-hybridized carbons (Fsp3) is 0.300. The van der Waals surface area contributed by atoms with Crippen molar-refractivity contribution in [3.63, 3.8) is 0 Å². The van der Waals surface area contributed by atoms with Crippen LogP contribution < -0.4 is 5.73 Å². The second-order valence-electron chi connectivity index (χ2n) is 3.23. The monoisotopic (exact) mass is 220 g/mol. The molecule has 0 aliphatic carbocycles. The van der Waals surface area contributed by atoms with Crippen molar-refractivity contribution in [1.82, 2.24) is 15.2 Å². The summed E-state index contributed by atoms with van der Waals surface area (Å²) in [5, 5.41) is 10.1. The molecule has 4 nitrogen and oxygen atoms in total. The zero-order chi connectivity index (χ0) is 10.7. The van der Waals surface area contributed by atoms with Crippen molar-refractivity contribution in [2.24, 2.45) is 5.73 Å². The molecule has 78 valence electrons. The molecule has 2 heterocycles. The average Bonchev–Trinajstić information content (AvgIpc) is 2.67. The molecule has 0 bridgehead atoms. The molecule has 0 saturated carbocycles. The molecule has 0 aliphatic rings. The summed E-state index contributed by atoms with van der Waals surface area (Å²) in [5.74, 6) is 0. The quantitative estimate of drug-likeness (QED) is 0.849. The maximum atomic E-state index is 5.46. The fourth-order valence-electron chi connectivity index (χ4n) is 1.27. The number of rotatable bonds is 3. The van der Waals surface area contributed by atoms with Crippen molar-refractivity contribution in [2.75, 3.05) is 6.54 Å². The Kier molecular flexibility index (Phi) is 3.03.